The second-order valence-electron chi connectivity index (χ2n) is 4.83. The van der Waals surface area contributed by atoms with Gasteiger partial charge in [-0.3, -0.25) is 4.79 Å². The largest absolute Gasteiger partial charge is 0.454 e. The van der Waals surface area contributed by atoms with Crippen molar-refractivity contribution in [3.63, 3.8) is 0 Å². The molecule has 19 heavy (non-hydrogen) atoms. The predicted molar refractivity (Wildman–Crippen MR) is 72.0 cm³/mol. The highest BCUT2D eigenvalue weighted by Gasteiger charge is 2.14. The van der Waals surface area contributed by atoms with E-state index in [9.17, 15) is 4.79 Å². The molecule has 0 spiro atoms. The molecule has 1 fully saturated rings. The first-order chi connectivity index (χ1) is 9.33. The highest BCUT2D eigenvalue weighted by Crippen LogP contribution is 2.32. The van der Waals surface area contributed by atoms with Crippen molar-refractivity contribution in [3.8, 4) is 11.5 Å². The van der Waals surface area contributed by atoms with Crippen LogP contribution in [0.2, 0.25) is 0 Å². The van der Waals surface area contributed by atoms with Crippen LogP contribution in [0.4, 0.5) is 0 Å². The van der Waals surface area contributed by atoms with Crippen molar-refractivity contribution in [2.45, 2.75) is 19.3 Å². The SMILES string of the molecule is O=C(/C=C\c1ccc2c(c1)OCO2)N1CCCCC1. The summed E-state index contributed by atoms with van der Waals surface area (Å²) in [5.74, 6) is 1.60. The van der Waals surface area contributed by atoms with Crippen LogP contribution in [-0.2, 0) is 4.79 Å². The average Bonchev–Trinajstić information content (AvgIpc) is 2.93. The summed E-state index contributed by atoms with van der Waals surface area (Å²) in [6.45, 7) is 2.03. The molecule has 2 aliphatic rings. The van der Waals surface area contributed by atoms with Gasteiger partial charge in [-0.1, -0.05) is 6.07 Å². The summed E-state index contributed by atoms with van der Waals surface area (Å²) in [5, 5.41) is 0. The number of amides is 1. The Morgan fingerprint density at radius 2 is 1.89 bits per heavy atom. The molecular formula is C15H17NO3. The second kappa shape index (κ2) is 5.34. The van der Waals surface area contributed by atoms with Gasteiger partial charge in [0.15, 0.2) is 11.5 Å². The molecule has 0 aliphatic carbocycles. The number of likely N-dealkylation sites (tertiary alicyclic amines) is 1. The lowest BCUT2D eigenvalue weighted by Crippen LogP contribution is -2.34. The highest BCUT2D eigenvalue weighted by molar-refractivity contribution is 5.91. The Hall–Kier alpha value is -1.97. The molecule has 0 N–H and O–H groups in total. The number of hydrogen-bond donors (Lipinski definition) is 0. The van der Waals surface area contributed by atoms with Gasteiger partial charge in [0.25, 0.3) is 0 Å². The number of ether oxygens (including phenoxy) is 2. The Bertz CT molecular complexity index is 504. The molecule has 0 saturated carbocycles. The van der Waals surface area contributed by atoms with Gasteiger partial charge in [-0.05, 0) is 43.0 Å². The van der Waals surface area contributed by atoms with Crippen LogP contribution < -0.4 is 9.47 Å². The number of piperidine rings is 1. The summed E-state index contributed by atoms with van der Waals surface area (Å²) in [6.07, 6.45) is 6.94. The molecule has 0 atom stereocenters. The molecular weight excluding hydrogens is 242 g/mol. The molecule has 4 nitrogen and oxygen atoms in total. The average molecular weight is 259 g/mol. The van der Waals surface area contributed by atoms with Crippen LogP contribution in [0.15, 0.2) is 24.3 Å². The minimum absolute atomic E-state index is 0.0948. The zero-order valence-electron chi connectivity index (χ0n) is 10.8. The smallest absolute Gasteiger partial charge is 0.246 e. The van der Waals surface area contributed by atoms with E-state index in [1.807, 2.05) is 29.2 Å². The van der Waals surface area contributed by atoms with Crippen LogP contribution in [0.5, 0.6) is 11.5 Å². The van der Waals surface area contributed by atoms with Crippen molar-refractivity contribution in [2.24, 2.45) is 0 Å². The number of nitrogens with zero attached hydrogens (tertiary/aromatic N) is 1. The van der Waals surface area contributed by atoms with Gasteiger partial charge in [0, 0.05) is 19.2 Å². The normalized spacial score (nSPS) is 18.0. The highest BCUT2D eigenvalue weighted by atomic mass is 16.7. The summed E-state index contributed by atoms with van der Waals surface area (Å²) in [5.41, 5.74) is 0.953. The van der Waals surface area contributed by atoms with Gasteiger partial charge < -0.3 is 14.4 Å². The van der Waals surface area contributed by atoms with E-state index in [0.29, 0.717) is 0 Å². The Morgan fingerprint density at radius 1 is 1.11 bits per heavy atom. The molecule has 0 radical (unpaired) electrons. The predicted octanol–water partition coefficient (Wildman–Crippen LogP) is 2.44. The van der Waals surface area contributed by atoms with E-state index < -0.39 is 0 Å². The number of carbonyl (C=O) groups is 1. The Kier molecular flexibility index (Phi) is 3.40. The minimum atomic E-state index is 0.0948. The van der Waals surface area contributed by atoms with Gasteiger partial charge in [0.05, 0.1) is 0 Å². The quantitative estimate of drug-likeness (QED) is 0.766. The number of fused-ring (bicyclic) bond motifs is 1. The van der Waals surface area contributed by atoms with E-state index >= 15 is 0 Å². The summed E-state index contributed by atoms with van der Waals surface area (Å²) in [6, 6.07) is 5.68. The van der Waals surface area contributed by atoms with E-state index in [2.05, 4.69) is 0 Å². The van der Waals surface area contributed by atoms with Gasteiger partial charge in [0.2, 0.25) is 12.7 Å². The van der Waals surface area contributed by atoms with Crippen LogP contribution >= 0.6 is 0 Å². The zero-order valence-corrected chi connectivity index (χ0v) is 10.8. The first-order valence-corrected chi connectivity index (χ1v) is 6.69. The van der Waals surface area contributed by atoms with Crippen LogP contribution in [0.1, 0.15) is 24.8 Å². The van der Waals surface area contributed by atoms with E-state index in [0.717, 1.165) is 43.0 Å². The second-order valence-corrected chi connectivity index (χ2v) is 4.83. The summed E-state index contributed by atoms with van der Waals surface area (Å²) >= 11 is 0. The van der Waals surface area contributed by atoms with Crippen LogP contribution in [0.25, 0.3) is 6.08 Å². The molecule has 3 rings (SSSR count). The molecule has 0 bridgehead atoms. The lowest BCUT2D eigenvalue weighted by Gasteiger charge is -2.25. The monoisotopic (exact) mass is 259 g/mol. The van der Waals surface area contributed by atoms with E-state index in [4.69, 9.17) is 9.47 Å². The third-order valence-corrected chi connectivity index (χ3v) is 3.48. The summed E-state index contributed by atoms with van der Waals surface area (Å²) in [7, 11) is 0. The van der Waals surface area contributed by atoms with E-state index in [1.54, 1.807) is 6.08 Å². The van der Waals surface area contributed by atoms with Crippen molar-refractivity contribution >= 4 is 12.0 Å². The molecule has 100 valence electrons. The van der Waals surface area contributed by atoms with Gasteiger partial charge >= 0.3 is 0 Å². The molecule has 1 aromatic carbocycles. The van der Waals surface area contributed by atoms with Crippen molar-refractivity contribution in [3.05, 3.63) is 29.8 Å². The maximum absolute atomic E-state index is 12.0. The third-order valence-electron chi connectivity index (χ3n) is 3.48. The lowest BCUT2D eigenvalue weighted by molar-refractivity contribution is -0.126. The van der Waals surface area contributed by atoms with Gasteiger partial charge in [-0.25, -0.2) is 0 Å². The minimum Gasteiger partial charge on any atom is -0.454 e. The Labute approximate surface area is 112 Å². The maximum atomic E-state index is 12.0. The van der Waals surface area contributed by atoms with Crippen molar-refractivity contribution < 1.29 is 14.3 Å². The standard InChI is InChI=1S/C15H17NO3/c17-15(16-8-2-1-3-9-16)7-5-12-4-6-13-14(10-12)19-11-18-13/h4-7,10H,1-3,8-9,11H2/b7-5-. The fourth-order valence-corrected chi connectivity index (χ4v) is 2.40. The molecule has 2 aliphatic heterocycles. The molecule has 1 aromatic rings. The van der Waals surface area contributed by atoms with Gasteiger partial charge in [-0.15, -0.1) is 0 Å². The topological polar surface area (TPSA) is 38.8 Å². The van der Waals surface area contributed by atoms with Crippen LogP contribution in [0.3, 0.4) is 0 Å². The van der Waals surface area contributed by atoms with Crippen molar-refractivity contribution in [2.75, 3.05) is 19.9 Å². The van der Waals surface area contributed by atoms with Gasteiger partial charge in [0.1, 0.15) is 0 Å². The molecule has 2 heterocycles. The van der Waals surface area contributed by atoms with Crippen LogP contribution in [-0.4, -0.2) is 30.7 Å². The van der Waals surface area contributed by atoms with E-state index in [1.165, 1.54) is 6.42 Å². The van der Waals surface area contributed by atoms with Crippen LogP contribution in [0, 0.1) is 0 Å². The zero-order chi connectivity index (χ0) is 13.1. The molecule has 0 aromatic heterocycles. The van der Waals surface area contributed by atoms with Crippen molar-refractivity contribution in [1.82, 2.24) is 4.90 Å². The number of benzene rings is 1. The van der Waals surface area contributed by atoms with E-state index in [-0.39, 0.29) is 12.7 Å². The number of rotatable bonds is 2. The number of hydrogen-bond acceptors (Lipinski definition) is 3. The maximum Gasteiger partial charge on any atom is 0.246 e. The molecule has 1 saturated heterocycles. The Balaban J connectivity index is 1.66. The summed E-state index contributed by atoms with van der Waals surface area (Å²) in [4.78, 5) is 13.9. The molecule has 1 amide bonds. The number of carbonyl (C=O) groups excluding carboxylic acids is 1. The molecule has 0 unspecified atom stereocenters. The van der Waals surface area contributed by atoms with Crippen molar-refractivity contribution in [1.29, 1.82) is 0 Å². The molecule has 4 heteroatoms. The first-order valence-electron chi connectivity index (χ1n) is 6.69. The lowest BCUT2D eigenvalue weighted by atomic mass is 10.1. The third kappa shape index (κ3) is 2.72. The van der Waals surface area contributed by atoms with Gasteiger partial charge in [-0.2, -0.15) is 0 Å². The first kappa shape index (κ1) is 12.1. The summed E-state index contributed by atoms with van der Waals surface area (Å²) < 4.78 is 10.6. The Morgan fingerprint density at radius 3 is 2.74 bits per heavy atom. The fraction of sp³-hybridized carbons (Fsp3) is 0.400. The fourth-order valence-electron chi connectivity index (χ4n) is 2.40.